The molecule has 0 amide bonds. The zero-order valence-corrected chi connectivity index (χ0v) is 19.9. The Morgan fingerprint density at radius 1 is 0.452 bits per heavy atom. The van der Waals surface area contributed by atoms with Gasteiger partial charge in [0.15, 0.2) is 0 Å². The van der Waals surface area contributed by atoms with Crippen molar-refractivity contribution in [3.63, 3.8) is 0 Å². The number of ether oxygens (including phenoxy) is 5. The molecule has 0 radical (unpaired) electrons. The van der Waals surface area contributed by atoms with Crippen LogP contribution in [-0.4, -0.2) is 59.5 Å². The summed E-state index contributed by atoms with van der Waals surface area (Å²) in [5.41, 5.74) is 0. The third-order valence-electron chi connectivity index (χ3n) is 5.00. The van der Waals surface area contributed by atoms with Crippen molar-refractivity contribution in [1.29, 1.82) is 0 Å². The van der Waals surface area contributed by atoms with E-state index in [9.17, 15) is 0 Å². The largest absolute Gasteiger partial charge is 0.491 e. The van der Waals surface area contributed by atoms with Crippen LogP contribution in [0.15, 0.2) is 30.3 Å². The summed E-state index contributed by atoms with van der Waals surface area (Å²) in [6.45, 7) is 7.85. The molecule has 0 aliphatic carbocycles. The third-order valence-corrected chi connectivity index (χ3v) is 5.00. The maximum absolute atomic E-state index is 5.62. The van der Waals surface area contributed by atoms with Crippen LogP contribution in [0.3, 0.4) is 0 Å². The number of rotatable bonds is 24. The fourth-order valence-electron chi connectivity index (χ4n) is 3.19. The molecule has 0 fully saturated rings. The van der Waals surface area contributed by atoms with Crippen LogP contribution >= 0.6 is 0 Å². The Hall–Kier alpha value is -1.14. The minimum Gasteiger partial charge on any atom is -0.491 e. The summed E-state index contributed by atoms with van der Waals surface area (Å²) in [5.74, 6) is 0.868. The fraction of sp³-hybridized carbons (Fsp3) is 0.769. The summed E-state index contributed by atoms with van der Waals surface area (Å²) >= 11 is 0. The molecular weight excluding hydrogens is 392 g/mol. The molecule has 0 atom stereocenters. The summed E-state index contributed by atoms with van der Waals surface area (Å²) in [4.78, 5) is 0. The summed E-state index contributed by atoms with van der Waals surface area (Å²) in [5, 5.41) is 0. The van der Waals surface area contributed by atoms with E-state index >= 15 is 0 Å². The van der Waals surface area contributed by atoms with Crippen molar-refractivity contribution in [2.45, 2.75) is 71.1 Å². The maximum Gasteiger partial charge on any atom is 0.119 e. The lowest BCUT2D eigenvalue weighted by molar-refractivity contribution is -0.00487. The fourth-order valence-corrected chi connectivity index (χ4v) is 3.19. The summed E-state index contributed by atoms with van der Waals surface area (Å²) < 4.78 is 27.7. The predicted octanol–water partition coefficient (Wildman–Crippen LogP) is 6.05. The summed E-state index contributed by atoms with van der Waals surface area (Å²) in [6, 6.07) is 9.75. The molecule has 0 aromatic heterocycles. The van der Waals surface area contributed by atoms with Crippen LogP contribution < -0.4 is 4.74 Å². The van der Waals surface area contributed by atoms with Crippen molar-refractivity contribution in [3.05, 3.63) is 30.3 Å². The van der Waals surface area contributed by atoms with E-state index in [0.717, 1.165) is 18.8 Å². The summed E-state index contributed by atoms with van der Waals surface area (Å²) in [7, 11) is 0. The van der Waals surface area contributed by atoms with Gasteiger partial charge in [0.2, 0.25) is 0 Å². The smallest absolute Gasteiger partial charge is 0.119 e. The third kappa shape index (κ3) is 20.5. The molecule has 0 bridgehead atoms. The maximum atomic E-state index is 5.62. The Labute approximate surface area is 190 Å². The zero-order valence-electron chi connectivity index (χ0n) is 19.9. The minimum atomic E-state index is 0.548. The molecule has 0 saturated carbocycles. The van der Waals surface area contributed by atoms with Crippen molar-refractivity contribution >= 4 is 0 Å². The molecule has 0 aliphatic heterocycles. The van der Waals surface area contributed by atoms with Gasteiger partial charge in [0, 0.05) is 6.61 Å². The van der Waals surface area contributed by atoms with Gasteiger partial charge in [-0.3, -0.25) is 0 Å². The molecule has 31 heavy (non-hydrogen) atoms. The van der Waals surface area contributed by atoms with Gasteiger partial charge in [0.25, 0.3) is 0 Å². The molecule has 1 aromatic rings. The van der Waals surface area contributed by atoms with Gasteiger partial charge in [-0.15, -0.1) is 0 Å². The van der Waals surface area contributed by atoms with Crippen molar-refractivity contribution in [2.75, 3.05) is 59.5 Å². The van der Waals surface area contributed by atoms with Crippen LogP contribution in [0.1, 0.15) is 71.1 Å². The predicted molar refractivity (Wildman–Crippen MR) is 127 cm³/mol. The second-order valence-electron chi connectivity index (χ2n) is 7.79. The van der Waals surface area contributed by atoms with E-state index in [2.05, 4.69) is 6.92 Å². The molecule has 5 heteroatoms. The van der Waals surface area contributed by atoms with E-state index < -0.39 is 0 Å². The second-order valence-corrected chi connectivity index (χ2v) is 7.79. The van der Waals surface area contributed by atoms with Crippen molar-refractivity contribution < 1.29 is 23.7 Å². The van der Waals surface area contributed by atoms with E-state index in [4.69, 9.17) is 23.7 Å². The average molecular weight is 439 g/mol. The number of benzene rings is 1. The minimum absolute atomic E-state index is 0.548. The first-order valence-corrected chi connectivity index (χ1v) is 12.4. The number of hydrogen-bond acceptors (Lipinski definition) is 5. The topological polar surface area (TPSA) is 46.2 Å². The first kappa shape index (κ1) is 27.9. The van der Waals surface area contributed by atoms with E-state index in [-0.39, 0.29) is 0 Å². The molecule has 0 unspecified atom stereocenters. The number of unbranched alkanes of at least 4 members (excludes halogenated alkanes) is 9. The molecule has 5 nitrogen and oxygen atoms in total. The van der Waals surface area contributed by atoms with Crippen LogP contribution in [0.4, 0.5) is 0 Å². The first-order valence-electron chi connectivity index (χ1n) is 12.4. The van der Waals surface area contributed by atoms with Crippen LogP contribution in [0.2, 0.25) is 0 Å². The van der Waals surface area contributed by atoms with Crippen LogP contribution in [0, 0.1) is 0 Å². The van der Waals surface area contributed by atoms with Crippen molar-refractivity contribution in [2.24, 2.45) is 0 Å². The Bertz CT molecular complexity index is 454. The van der Waals surface area contributed by atoms with Crippen molar-refractivity contribution in [3.8, 4) is 5.75 Å². The number of para-hydroxylation sites is 1. The highest BCUT2D eigenvalue weighted by Gasteiger charge is 1.96. The SMILES string of the molecule is CCCCCCCCCCCCOCCOCCOCCOCCOc1ccccc1. The zero-order chi connectivity index (χ0) is 22.1. The molecular formula is C26H46O5. The van der Waals surface area contributed by atoms with E-state index in [1.165, 1.54) is 57.8 Å². The van der Waals surface area contributed by atoms with Gasteiger partial charge in [0.05, 0.1) is 46.2 Å². The lowest BCUT2D eigenvalue weighted by Crippen LogP contribution is -2.13. The van der Waals surface area contributed by atoms with Gasteiger partial charge in [0.1, 0.15) is 12.4 Å². The average Bonchev–Trinajstić information content (AvgIpc) is 2.80. The quantitative estimate of drug-likeness (QED) is 0.184. The van der Waals surface area contributed by atoms with Crippen LogP contribution in [0.25, 0.3) is 0 Å². The van der Waals surface area contributed by atoms with Crippen LogP contribution in [-0.2, 0) is 18.9 Å². The Morgan fingerprint density at radius 2 is 0.871 bits per heavy atom. The van der Waals surface area contributed by atoms with Gasteiger partial charge in [-0.2, -0.15) is 0 Å². The van der Waals surface area contributed by atoms with Gasteiger partial charge < -0.3 is 23.7 Å². The second kappa shape index (κ2) is 23.5. The lowest BCUT2D eigenvalue weighted by Gasteiger charge is -2.08. The van der Waals surface area contributed by atoms with E-state index in [1.807, 2.05) is 30.3 Å². The standard InChI is InChI=1S/C26H46O5/c1-2-3-4-5-6-7-8-9-10-14-17-27-18-19-28-20-21-29-22-23-30-24-25-31-26-15-12-11-13-16-26/h11-13,15-16H,2-10,14,17-25H2,1H3. The monoisotopic (exact) mass is 438 g/mol. The molecule has 1 aromatic carbocycles. The molecule has 0 spiro atoms. The van der Waals surface area contributed by atoms with Gasteiger partial charge in [-0.05, 0) is 18.6 Å². The molecule has 0 saturated heterocycles. The van der Waals surface area contributed by atoms with Gasteiger partial charge in [-0.1, -0.05) is 82.9 Å². The highest BCUT2D eigenvalue weighted by atomic mass is 16.6. The molecule has 1 rings (SSSR count). The molecule has 0 aliphatic rings. The Kier molecular flexibility index (Phi) is 21.2. The van der Waals surface area contributed by atoms with Gasteiger partial charge in [-0.25, -0.2) is 0 Å². The lowest BCUT2D eigenvalue weighted by atomic mass is 10.1. The highest BCUT2D eigenvalue weighted by molar-refractivity contribution is 5.20. The van der Waals surface area contributed by atoms with Crippen LogP contribution in [0.5, 0.6) is 5.75 Å². The normalized spacial score (nSPS) is 11.1. The van der Waals surface area contributed by atoms with Crippen molar-refractivity contribution in [1.82, 2.24) is 0 Å². The number of hydrogen-bond donors (Lipinski definition) is 0. The Balaban J connectivity index is 1.65. The summed E-state index contributed by atoms with van der Waals surface area (Å²) in [6.07, 6.45) is 13.5. The Morgan fingerprint density at radius 3 is 1.39 bits per heavy atom. The van der Waals surface area contributed by atoms with E-state index in [0.29, 0.717) is 52.9 Å². The van der Waals surface area contributed by atoms with Gasteiger partial charge >= 0.3 is 0 Å². The molecule has 0 N–H and O–H groups in total. The first-order chi connectivity index (χ1) is 15.4. The molecule has 180 valence electrons. The molecule has 0 heterocycles. The van der Waals surface area contributed by atoms with E-state index in [1.54, 1.807) is 0 Å². The highest BCUT2D eigenvalue weighted by Crippen LogP contribution is 2.10.